The maximum atomic E-state index is 6.57. The molecule has 3 aromatic heterocycles. The fourth-order valence-electron chi connectivity index (χ4n) is 5.16. The fraction of sp³-hybridized carbons (Fsp3) is 0.0667. The van der Waals surface area contributed by atoms with Gasteiger partial charge in [0.1, 0.15) is 11.5 Å². The van der Waals surface area contributed by atoms with E-state index in [1.165, 1.54) is 33.0 Å². The quantitative estimate of drug-likeness (QED) is 0.289. The summed E-state index contributed by atoms with van der Waals surface area (Å²) in [6.07, 6.45) is 7.65. The summed E-state index contributed by atoms with van der Waals surface area (Å²) in [5.41, 5.74) is 8.89. The van der Waals surface area contributed by atoms with Gasteiger partial charge in [-0.15, -0.1) is 0 Å². The third kappa shape index (κ3) is 2.82. The van der Waals surface area contributed by atoms with Crippen molar-refractivity contribution in [1.82, 2.24) is 9.97 Å². The van der Waals surface area contributed by atoms with Gasteiger partial charge in [0.2, 0.25) is 0 Å². The third-order valence-electron chi connectivity index (χ3n) is 6.72. The molecular weight excluding hydrogens is 404 g/mol. The first-order valence-electron chi connectivity index (χ1n) is 11.3. The summed E-state index contributed by atoms with van der Waals surface area (Å²) in [4.78, 5) is 9.12. The van der Waals surface area contributed by atoms with E-state index in [0.717, 1.165) is 46.4 Å². The van der Waals surface area contributed by atoms with Crippen LogP contribution in [-0.2, 0) is 12.8 Å². The van der Waals surface area contributed by atoms with E-state index in [-0.39, 0.29) is 0 Å². The number of aromatic nitrogens is 2. The summed E-state index contributed by atoms with van der Waals surface area (Å²) in [6, 6.07) is 27.7. The highest BCUT2D eigenvalue weighted by Gasteiger charge is 2.25. The molecule has 1 aliphatic carbocycles. The van der Waals surface area contributed by atoms with Gasteiger partial charge in [-0.25, -0.2) is 0 Å². The molecule has 0 aliphatic heterocycles. The molecule has 7 rings (SSSR count). The first-order chi connectivity index (χ1) is 16.4. The Bertz CT molecular complexity index is 1660. The van der Waals surface area contributed by atoms with Crippen LogP contribution in [0.5, 0.6) is 0 Å². The number of aryl methyl sites for hydroxylation is 2. The zero-order chi connectivity index (χ0) is 21.8. The predicted octanol–water partition coefficient (Wildman–Crippen LogP) is 7.48. The number of pyridine rings is 2. The number of benzene rings is 3. The number of rotatable bonds is 2. The Labute approximate surface area is 191 Å². The zero-order valence-electron chi connectivity index (χ0n) is 18.0. The normalized spacial score (nSPS) is 12.6. The predicted molar refractivity (Wildman–Crippen MR) is 133 cm³/mol. The molecule has 0 N–H and O–H groups in total. The van der Waals surface area contributed by atoms with Gasteiger partial charge in [0.25, 0.3) is 0 Å². The molecular formula is C30H20N2O. The molecule has 0 atom stereocenters. The minimum Gasteiger partial charge on any atom is -0.453 e. The van der Waals surface area contributed by atoms with Gasteiger partial charge in [-0.05, 0) is 64.6 Å². The van der Waals surface area contributed by atoms with Crippen LogP contribution in [0.25, 0.3) is 55.4 Å². The minimum absolute atomic E-state index is 0.862. The summed E-state index contributed by atoms with van der Waals surface area (Å²) < 4.78 is 6.57. The van der Waals surface area contributed by atoms with Crippen LogP contribution in [0.2, 0.25) is 0 Å². The van der Waals surface area contributed by atoms with E-state index in [9.17, 15) is 0 Å². The minimum atomic E-state index is 0.862. The molecule has 0 bridgehead atoms. The Morgan fingerprint density at radius 2 is 1.58 bits per heavy atom. The Hall–Kier alpha value is -4.24. The molecule has 0 fully saturated rings. The topological polar surface area (TPSA) is 38.9 Å². The van der Waals surface area contributed by atoms with Crippen molar-refractivity contribution < 1.29 is 4.42 Å². The van der Waals surface area contributed by atoms with E-state index in [4.69, 9.17) is 9.40 Å². The average molecular weight is 425 g/mol. The van der Waals surface area contributed by atoms with Crippen LogP contribution in [-0.4, -0.2) is 9.97 Å². The molecule has 33 heavy (non-hydrogen) atoms. The number of fused-ring (bicyclic) bond motifs is 6. The second-order valence-electron chi connectivity index (χ2n) is 8.59. The SMILES string of the molecule is c1ccc(-c2cc(-c3nccc4c5c(oc34)-c3ccncc3CC5)cc3ccccc23)cc1. The van der Waals surface area contributed by atoms with E-state index >= 15 is 0 Å². The maximum absolute atomic E-state index is 6.57. The molecule has 0 unspecified atom stereocenters. The molecule has 3 aromatic carbocycles. The summed E-state index contributed by atoms with van der Waals surface area (Å²) in [6.45, 7) is 0. The van der Waals surface area contributed by atoms with Gasteiger partial charge in [-0.3, -0.25) is 9.97 Å². The molecule has 156 valence electrons. The first-order valence-corrected chi connectivity index (χ1v) is 11.3. The van der Waals surface area contributed by atoms with Gasteiger partial charge in [0.05, 0.1) is 0 Å². The Morgan fingerprint density at radius 3 is 2.52 bits per heavy atom. The van der Waals surface area contributed by atoms with Crippen LogP contribution in [0.4, 0.5) is 0 Å². The monoisotopic (exact) mass is 424 g/mol. The Balaban J connectivity index is 1.50. The van der Waals surface area contributed by atoms with Gasteiger partial charge in [0.15, 0.2) is 5.58 Å². The lowest BCUT2D eigenvalue weighted by Crippen LogP contribution is -2.02. The zero-order valence-corrected chi connectivity index (χ0v) is 18.0. The second-order valence-corrected chi connectivity index (χ2v) is 8.59. The van der Waals surface area contributed by atoms with Gasteiger partial charge < -0.3 is 4.42 Å². The lowest BCUT2D eigenvalue weighted by Gasteiger charge is -2.13. The van der Waals surface area contributed by atoms with Crippen molar-refractivity contribution in [1.29, 1.82) is 0 Å². The third-order valence-corrected chi connectivity index (χ3v) is 6.72. The van der Waals surface area contributed by atoms with Crippen molar-refractivity contribution >= 4 is 21.7 Å². The molecule has 0 saturated heterocycles. The standard InChI is InChI=1S/C30H20N2O/c1-2-6-19(7-3-1)27-17-22(16-20-8-4-5-9-23(20)27)28-30-26(13-15-32-28)25-11-10-21-18-31-14-12-24(21)29(25)33-30/h1-9,12-18H,10-11H2. The molecule has 1 aliphatic rings. The van der Waals surface area contributed by atoms with Gasteiger partial charge >= 0.3 is 0 Å². The van der Waals surface area contributed by atoms with E-state index < -0.39 is 0 Å². The number of hydrogen-bond acceptors (Lipinski definition) is 3. The molecule has 0 radical (unpaired) electrons. The summed E-state index contributed by atoms with van der Waals surface area (Å²) in [5.74, 6) is 0.965. The first kappa shape index (κ1) is 18.3. The highest BCUT2D eigenvalue weighted by atomic mass is 16.3. The largest absolute Gasteiger partial charge is 0.453 e. The van der Waals surface area contributed by atoms with E-state index in [1.807, 2.05) is 18.6 Å². The Kier molecular flexibility index (Phi) is 3.97. The van der Waals surface area contributed by atoms with Crippen LogP contribution in [0.15, 0.2) is 102 Å². The molecule has 0 amide bonds. The van der Waals surface area contributed by atoms with Gasteiger partial charge in [0, 0.05) is 40.7 Å². The van der Waals surface area contributed by atoms with E-state index in [2.05, 4.69) is 83.8 Å². The van der Waals surface area contributed by atoms with Crippen molar-refractivity contribution in [2.45, 2.75) is 12.8 Å². The number of hydrogen-bond donors (Lipinski definition) is 0. The van der Waals surface area contributed by atoms with Crippen molar-refractivity contribution in [3.8, 4) is 33.7 Å². The van der Waals surface area contributed by atoms with Crippen molar-refractivity contribution in [3.05, 3.63) is 109 Å². The smallest absolute Gasteiger partial charge is 0.161 e. The highest BCUT2D eigenvalue weighted by molar-refractivity contribution is 6.03. The van der Waals surface area contributed by atoms with Gasteiger partial charge in [-0.2, -0.15) is 0 Å². The lowest BCUT2D eigenvalue weighted by molar-refractivity contribution is 0.620. The summed E-state index contributed by atoms with van der Waals surface area (Å²) >= 11 is 0. The van der Waals surface area contributed by atoms with Crippen molar-refractivity contribution in [2.75, 3.05) is 0 Å². The van der Waals surface area contributed by atoms with Crippen molar-refractivity contribution in [3.63, 3.8) is 0 Å². The Morgan fingerprint density at radius 1 is 0.697 bits per heavy atom. The molecule has 3 heterocycles. The lowest BCUT2D eigenvalue weighted by atomic mass is 9.90. The van der Waals surface area contributed by atoms with Crippen LogP contribution in [0, 0.1) is 0 Å². The van der Waals surface area contributed by atoms with Crippen molar-refractivity contribution in [2.24, 2.45) is 0 Å². The summed E-state index contributed by atoms with van der Waals surface area (Å²) in [7, 11) is 0. The molecule has 0 spiro atoms. The molecule has 0 saturated carbocycles. The summed E-state index contributed by atoms with van der Waals surface area (Å²) in [5, 5.41) is 3.59. The fourth-order valence-corrected chi connectivity index (χ4v) is 5.16. The second kappa shape index (κ2) is 7.14. The van der Waals surface area contributed by atoms with Gasteiger partial charge in [-0.1, -0.05) is 54.6 Å². The van der Waals surface area contributed by atoms with Crippen LogP contribution in [0.1, 0.15) is 11.1 Å². The van der Waals surface area contributed by atoms with Crippen LogP contribution >= 0.6 is 0 Å². The number of furan rings is 1. The van der Waals surface area contributed by atoms with E-state index in [1.54, 1.807) is 0 Å². The number of nitrogens with zero attached hydrogens (tertiary/aromatic N) is 2. The molecule has 3 heteroatoms. The average Bonchev–Trinajstić information content (AvgIpc) is 3.28. The molecule has 3 nitrogen and oxygen atoms in total. The van der Waals surface area contributed by atoms with E-state index in [0.29, 0.717) is 0 Å². The molecule has 6 aromatic rings. The van der Waals surface area contributed by atoms with Crippen LogP contribution in [0.3, 0.4) is 0 Å². The maximum Gasteiger partial charge on any atom is 0.161 e. The highest BCUT2D eigenvalue weighted by Crippen LogP contribution is 2.43. The van der Waals surface area contributed by atoms with Crippen LogP contribution < -0.4 is 0 Å².